The molecule has 9 heteroatoms. The maximum absolute atomic E-state index is 13.5. The second-order valence-electron chi connectivity index (χ2n) is 7.45. The number of amides is 1. The zero-order chi connectivity index (χ0) is 24.2. The van der Waals surface area contributed by atoms with Gasteiger partial charge in [-0.3, -0.25) is 9.10 Å². The third kappa shape index (κ3) is 5.83. The van der Waals surface area contributed by atoms with Gasteiger partial charge in [-0.15, -0.1) is 0 Å². The summed E-state index contributed by atoms with van der Waals surface area (Å²) in [5.41, 5.74) is 2.53. The van der Waals surface area contributed by atoms with Crippen molar-refractivity contribution in [1.82, 2.24) is 0 Å². The normalized spacial score (nSPS) is 11.2. The van der Waals surface area contributed by atoms with Crippen LogP contribution in [0.15, 0.2) is 65.6 Å². The monoisotopic (exact) mass is 490 g/mol. The third-order valence-corrected chi connectivity index (χ3v) is 7.29. The number of carbonyl (C=O) groups is 1. The van der Waals surface area contributed by atoms with Crippen LogP contribution in [0.1, 0.15) is 17.5 Å². The van der Waals surface area contributed by atoms with Crippen molar-refractivity contribution in [2.24, 2.45) is 0 Å². The summed E-state index contributed by atoms with van der Waals surface area (Å²) in [6.07, 6.45) is -0.134. The van der Waals surface area contributed by atoms with Gasteiger partial charge in [0.2, 0.25) is 5.91 Å². The zero-order valence-corrected chi connectivity index (χ0v) is 20.0. The van der Waals surface area contributed by atoms with Gasteiger partial charge in [0.1, 0.15) is 11.6 Å². The number of sulfonamides is 1. The van der Waals surface area contributed by atoms with Crippen molar-refractivity contribution in [3.05, 3.63) is 82.6 Å². The smallest absolute Gasteiger partial charge is 0.264 e. The van der Waals surface area contributed by atoms with Crippen molar-refractivity contribution >= 4 is 38.9 Å². The molecular weight excluding hydrogens is 467 g/mol. The average Bonchev–Trinajstić information content (AvgIpc) is 2.78. The molecule has 0 fully saturated rings. The van der Waals surface area contributed by atoms with Gasteiger partial charge < -0.3 is 10.1 Å². The van der Waals surface area contributed by atoms with Gasteiger partial charge in [0.15, 0.2) is 0 Å². The second-order valence-corrected chi connectivity index (χ2v) is 9.72. The van der Waals surface area contributed by atoms with Crippen molar-refractivity contribution < 1.29 is 22.3 Å². The van der Waals surface area contributed by atoms with Crippen molar-refractivity contribution in [3.8, 4) is 5.75 Å². The van der Waals surface area contributed by atoms with E-state index in [0.717, 1.165) is 17.2 Å². The molecule has 0 aliphatic carbocycles. The second kappa shape index (κ2) is 10.2. The number of carbonyl (C=O) groups excluding carboxylic acids is 1. The number of anilines is 2. The van der Waals surface area contributed by atoms with Gasteiger partial charge in [0.25, 0.3) is 10.0 Å². The lowest BCUT2D eigenvalue weighted by Gasteiger charge is -2.25. The molecule has 0 unspecified atom stereocenters. The molecule has 0 heterocycles. The van der Waals surface area contributed by atoms with E-state index in [2.05, 4.69) is 5.32 Å². The summed E-state index contributed by atoms with van der Waals surface area (Å²) in [5, 5.41) is 2.49. The van der Waals surface area contributed by atoms with Gasteiger partial charge in [-0.05, 0) is 79.6 Å². The lowest BCUT2D eigenvalue weighted by Crippen LogP contribution is -2.34. The van der Waals surface area contributed by atoms with E-state index in [1.807, 2.05) is 13.8 Å². The van der Waals surface area contributed by atoms with E-state index < -0.39 is 21.7 Å². The number of hydrogen-bond acceptors (Lipinski definition) is 4. The molecule has 0 aliphatic heterocycles. The highest BCUT2D eigenvalue weighted by atomic mass is 35.5. The number of benzene rings is 3. The fraction of sp³-hybridized carbons (Fsp3) is 0.208. The number of rotatable bonds is 8. The summed E-state index contributed by atoms with van der Waals surface area (Å²) in [6.45, 7) is 3.63. The Morgan fingerprint density at radius 3 is 2.33 bits per heavy atom. The van der Waals surface area contributed by atoms with Crippen LogP contribution in [0.3, 0.4) is 0 Å². The van der Waals surface area contributed by atoms with Crippen LogP contribution in [0.2, 0.25) is 5.02 Å². The first kappa shape index (κ1) is 24.5. The highest BCUT2D eigenvalue weighted by Gasteiger charge is 2.26. The van der Waals surface area contributed by atoms with Crippen molar-refractivity contribution in [1.29, 1.82) is 0 Å². The summed E-state index contributed by atoms with van der Waals surface area (Å²) >= 11 is 5.76. The summed E-state index contributed by atoms with van der Waals surface area (Å²) < 4.78 is 46.7. The average molecular weight is 491 g/mol. The summed E-state index contributed by atoms with van der Waals surface area (Å²) in [5.74, 6) is -0.459. The Morgan fingerprint density at radius 1 is 1.03 bits per heavy atom. The van der Waals surface area contributed by atoms with Gasteiger partial charge in [-0.2, -0.15) is 0 Å². The number of nitrogens with zero attached hydrogens (tertiary/aromatic N) is 1. The molecule has 0 aliphatic rings. The first-order chi connectivity index (χ1) is 15.6. The molecule has 0 spiro atoms. The van der Waals surface area contributed by atoms with Gasteiger partial charge in [0, 0.05) is 18.7 Å². The highest BCUT2D eigenvalue weighted by molar-refractivity contribution is 7.92. The molecule has 0 saturated heterocycles. The number of hydrogen-bond donors (Lipinski definition) is 1. The van der Waals surface area contributed by atoms with Gasteiger partial charge >= 0.3 is 0 Å². The van der Waals surface area contributed by atoms with Crippen LogP contribution in [0, 0.1) is 19.7 Å². The third-order valence-electron chi connectivity index (χ3n) is 5.17. The van der Waals surface area contributed by atoms with E-state index in [4.69, 9.17) is 16.3 Å². The molecule has 3 aromatic rings. The van der Waals surface area contributed by atoms with Crippen LogP contribution in [0.4, 0.5) is 15.8 Å². The maximum atomic E-state index is 13.5. The molecule has 0 bridgehead atoms. The van der Waals surface area contributed by atoms with Crippen LogP contribution in [0.25, 0.3) is 0 Å². The molecule has 0 saturated carbocycles. The molecule has 33 heavy (non-hydrogen) atoms. The summed E-state index contributed by atoms with van der Waals surface area (Å²) in [4.78, 5) is 12.6. The number of ether oxygens (including phenoxy) is 1. The molecule has 0 atom stereocenters. The molecule has 6 nitrogen and oxygen atoms in total. The van der Waals surface area contributed by atoms with Gasteiger partial charge in [0.05, 0.1) is 22.7 Å². The number of halogens is 2. The molecule has 1 amide bonds. The Labute approximate surface area is 198 Å². The quantitative estimate of drug-likeness (QED) is 0.463. The predicted octanol–water partition coefficient (Wildman–Crippen LogP) is 5.33. The molecular formula is C24H24ClFN2O4S. The van der Waals surface area contributed by atoms with Crippen molar-refractivity contribution in [3.63, 3.8) is 0 Å². The first-order valence-electron chi connectivity index (χ1n) is 10.1. The van der Waals surface area contributed by atoms with E-state index in [1.54, 1.807) is 42.5 Å². The van der Waals surface area contributed by atoms with E-state index >= 15 is 0 Å². The van der Waals surface area contributed by atoms with E-state index in [1.165, 1.54) is 23.5 Å². The number of nitrogens with one attached hydrogen (secondary N) is 1. The Balaban J connectivity index is 1.87. The molecule has 174 valence electrons. The van der Waals surface area contributed by atoms with Crippen LogP contribution in [0.5, 0.6) is 5.75 Å². The number of methoxy groups -OCH3 is 1. The van der Waals surface area contributed by atoms with E-state index in [-0.39, 0.29) is 22.9 Å². The minimum absolute atomic E-state index is 0.109. The predicted molar refractivity (Wildman–Crippen MR) is 128 cm³/mol. The van der Waals surface area contributed by atoms with E-state index in [9.17, 15) is 17.6 Å². The minimum Gasteiger partial charge on any atom is -0.497 e. The minimum atomic E-state index is -3.95. The van der Waals surface area contributed by atoms with Crippen molar-refractivity contribution in [2.45, 2.75) is 25.2 Å². The van der Waals surface area contributed by atoms with Crippen LogP contribution in [-0.2, 0) is 14.8 Å². The molecule has 3 rings (SSSR count). The van der Waals surface area contributed by atoms with Crippen LogP contribution < -0.4 is 14.4 Å². The summed E-state index contributed by atoms with van der Waals surface area (Å²) in [6, 6.07) is 15.3. The molecule has 3 aromatic carbocycles. The standard InChI is InChI=1S/C24H24ClFN2O4S/c1-16-4-10-21(14-17(16)2)33(30,31)28(19-6-8-20(32-3)9-7-19)13-12-24(29)27-18-5-11-23(26)22(25)15-18/h4-11,14-15H,12-13H2,1-3H3,(H,27,29). The summed E-state index contributed by atoms with van der Waals surface area (Å²) in [7, 11) is -2.43. The Bertz CT molecular complexity index is 1260. The van der Waals surface area contributed by atoms with E-state index in [0.29, 0.717) is 17.1 Å². The SMILES string of the molecule is COc1ccc(N(CCC(=O)Nc2ccc(F)c(Cl)c2)S(=O)(=O)c2ccc(C)c(C)c2)cc1. The number of aryl methyl sites for hydroxylation is 2. The van der Waals surface area contributed by atoms with Crippen LogP contribution in [-0.4, -0.2) is 28.0 Å². The molecule has 0 radical (unpaired) electrons. The first-order valence-corrected chi connectivity index (χ1v) is 11.9. The largest absolute Gasteiger partial charge is 0.497 e. The zero-order valence-electron chi connectivity index (χ0n) is 18.4. The maximum Gasteiger partial charge on any atom is 0.264 e. The van der Waals surface area contributed by atoms with Gasteiger partial charge in [-0.1, -0.05) is 17.7 Å². The fourth-order valence-corrected chi connectivity index (χ4v) is 4.87. The Morgan fingerprint density at radius 2 is 1.73 bits per heavy atom. The Hall–Kier alpha value is -3.10. The lowest BCUT2D eigenvalue weighted by atomic mass is 10.1. The van der Waals surface area contributed by atoms with Gasteiger partial charge in [-0.25, -0.2) is 12.8 Å². The Kier molecular flexibility index (Phi) is 7.61. The van der Waals surface area contributed by atoms with Crippen LogP contribution >= 0.6 is 11.6 Å². The topological polar surface area (TPSA) is 75.7 Å². The highest BCUT2D eigenvalue weighted by Crippen LogP contribution is 2.27. The lowest BCUT2D eigenvalue weighted by molar-refractivity contribution is -0.116. The fourth-order valence-electron chi connectivity index (χ4n) is 3.14. The molecule has 0 aromatic heterocycles. The molecule has 1 N–H and O–H groups in total. The van der Waals surface area contributed by atoms with Crippen molar-refractivity contribution in [2.75, 3.05) is 23.3 Å².